The number of carboxylic acids is 1. The zero-order valence-corrected chi connectivity index (χ0v) is 11.7. The highest BCUT2D eigenvalue weighted by atomic mass is 16.5. The second kappa shape index (κ2) is 8.67. The van der Waals surface area contributed by atoms with Crippen molar-refractivity contribution in [3.63, 3.8) is 0 Å². The lowest BCUT2D eigenvalue weighted by molar-refractivity contribution is -0.150. The van der Waals surface area contributed by atoms with E-state index in [0.29, 0.717) is 13.0 Å². The third-order valence-electron chi connectivity index (χ3n) is 3.04. The van der Waals surface area contributed by atoms with Gasteiger partial charge in [-0.3, -0.25) is 0 Å². The molecule has 0 fully saturated rings. The van der Waals surface area contributed by atoms with Crippen molar-refractivity contribution in [1.82, 2.24) is 4.90 Å². The number of nitrogens with zero attached hydrogens (tertiary/aromatic N) is 1. The number of benzene rings is 1. The first-order chi connectivity index (χ1) is 9.13. The third-order valence-corrected chi connectivity index (χ3v) is 3.04. The first-order valence-electron chi connectivity index (χ1n) is 6.70. The van der Waals surface area contributed by atoms with Gasteiger partial charge in [0, 0.05) is 19.7 Å². The van der Waals surface area contributed by atoms with Gasteiger partial charge in [0.25, 0.3) is 0 Å². The summed E-state index contributed by atoms with van der Waals surface area (Å²) in [4.78, 5) is 13.1. The van der Waals surface area contributed by atoms with Crippen LogP contribution in [0.1, 0.15) is 18.9 Å². The zero-order valence-electron chi connectivity index (χ0n) is 11.7. The maximum Gasteiger partial charge on any atom is 0.332 e. The Balaban J connectivity index is 2.27. The summed E-state index contributed by atoms with van der Waals surface area (Å²) in [6, 6.07) is 10.3. The molecule has 0 heterocycles. The number of hydrogen-bond donors (Lipinski definition) is 1. The summed E-state index contributed by atoms with van der Waals surface area (Å²) in [7, 11) is 2.01. The van der Waals surface area contributed by atoms with Crippen LogP contribution in [0.2, 0.25) is 0 Å². The number of likely N-dealkylation sites (N-methyl/N-ethyl adjacent to an activating group) is 1. The molecule has 0 bridgehead atoms. The van der Waals surface area contributed by atoms with E-state index in [0.717, 1.165) is 19.5 Å². The monoisotopic (exact) mass is 265 g/mol. The largest absolute Gasteiger partial charge is 0.479 e. The smallest absolute Gasteiger partial charge is 0.332 e. The fourth-order valence-electron chi connectivity index (χ4n) is 1.89. The average Bonchev–Trinajstić information content (AvgIpc) is 2.42. The molecule has 0 saturated carbocycles. The molecule has 1 aromatic carbocycles. The van der Waals surface area contributed by atoms with Crippen molar-refractivity contribution in [2.45, 2.75) is 25.9 Å². The molecule has 0 radical (unpaired) electrons. The van der Waals surface area contributed by atoms with E-state index in [2.05, 4.69) is 17.0 Å². The number of rotatable bonds is 9. The quantitative estimate of drug-likeness (QED) is 0.742. The van der Waals surface area contributed by atoms with Gasteiger partial charge in [-0.25, -0.2) is 4.79 Å². The SMILES string of the molecule is CCOC(CCN(C)CCc1ccccc1)C(=O)O. The van der Waals surface area contributed by atoms with Crippen LogP contribution in [0.25, 0.3) is 0 Å². The molecule has 1 aromatic rings. The molecular weight excluding hydrogens is 242 g/mol. The van der Waals surface area contributed by atoms with Crippen molar-refractivity contribution < 1.29 is 14.6 Å². The Morgan fingerprint density at radius 1 is 1.32 bits per heavy atom. The minimum atomic E-state index is -0.877. The standard InChI is InChI=1S/C15H23NO3/c1-3-19-14(15(17)18)10-12-16(2)11-9-13-7-5-4-6-8-13/h4-8,14H,3,9-12H2,1-2H3,(H,17,18). The number of carboxylic acid groups (broad SMARTS) is 1. The van der Waals surface area contributed by atoms with Crippen molar-refractivity contribution in [2.75, 3.05) is 26.7 Å². The molecule has 0 amide bonds. The van der Waals surface area contributed by atoms with Crippen LogP contribution in [0.3, 0.4) is 0 Å². The molecule has 106 valence electrons. The predicted molar refractivity (Wildman–Crippen MR) is 75.3 cm³/mol. The molecule has 4 nitrogen and oxygen atoms in total. The Kier molecular flexibility index (Phi) is 7.15. The van der Waals surface area contributed by atoms with Crippen molar-refractivity contribution in [3.05, 3.63) is 35.9 Å². The van der Waals surface area contributed by atoms with Gasteiger partial charge in [-0.05, 0) is 32.4 Å². The minimum Gasteiger partial charge on any atom is -0.479 e. The van der Waals surface area contributed by atoms with Crippen LogP contribution >= 0.6 is 0 Å². The molecule has 0 saturated heterocycles. The van der Waals surface area contributed by atoms with Crippen LogP contribution < -0.4 is 0 Å². The second-order valence-electron chi connectivity index (χ2n) is 4.61. The van der Waals surface area contributed by atoms with Gasteiger partial charge in [0.15, 0.2) is 6.10 Å². The summed E-state index contributed by atoms with van der Waals surface area (Å²) < 4.78 is 5.19. The number of carbonyl (C=O) groups is 1. The highest BCUT2D eigenvalue weighted by Crippen LogP contribution is 2.03. The Morgan fingerprint density at radius 2 is 2.00 bits per heavy atom. The molecule has 0 aliphatic heterocycles. The van der Waals surface area contributed by atoms with Gasteiger partial charge in [-0.15, -0.1) is 0 Å². The summed E-state index contributed by atoms with van der Waals surface area (Å²) in [5.74, 6) is -0.877. The molecule has 19 heavy (non-hydrogen) atoms. The molecule has 4 heteroatoms. The van der Waals surface area contributed by atoms with E-state index in [-0.39, 0.29) is 0 Å². The zero-order chi connectivity index (χ0) is 14.1. The molecule has 0 spiro atoms. The first-order valence-corrected chi connectivity index (χ1v) is 6.70. The van der Waals surface area contributed by atoms with Crippen LogP contribution in [0, 0.1) is 0 Å². The Hall–Kier alpha value is -1.39. The Morgan fingerprint density at radius 3 is 2.58 bits per heavy atom. The van der Waals surface area contributed by atoms with Gasteiger partial charge in [0.05, 0.1) is 0 Å². The van der Waals surface area contributed by atoms with Gasteiger partial charge in [0.1, 0.15) is 0 Å². The number of ether oxygens (including phenoxy) is 1. The van der Waals surface area contributed by atoms with E-state index >= 15 is 0 Å². The number of aliphatic carboxylic acids is 1. The molecule has 0 aliphatic carbocycles. The summed E-state index contributed by atoms with van der Waals surface area (Å²) in [5, 5.41) is 8.98. The van der Waals surface area contributed by atoms with E-state index in [1.165, 1.54) is 5.56 Å². The van der Waals surface area contributed by atoms with Crippen LogP contribution in [-0.4, -0.2) is 48.8 Å². The van der Waals surface area contributed by atoms with Crippen LogP contribution in [0.15, 0.2) is 30.3 Å². The predicted octanol–water partition coefficient (Wildman–Crippen LogP) is 2.04. The van der Waals surface area contributed by atoms with E-state index < -0.39 is 12.1 Å². The molecule has 1 unspecified atom stereocenters. The fourth-order valence-corrected chi connectivity index (χ4v) is 1.89. The van der Waals surface area contributed by atoms with E-state index in [9.17, 15) is 4.79 Å². The molecule has 0 aliphatic rings. The molecule has 0 aromatic heterocycles. The summed E-state index contributed by atoms with van der Waals surface area (Å²) in [6.07, 6.45) is 0.808. The Bertz CT molecular complexity index is 367. The first kappa shape index (κ1) is 15.7. The van der Waals surface area contributed by atoms with Crippen molar-refractivity contribution in [3.8, 4) is 0 Å². The van der Waals surface area contributed by atoms with Crippen molar-refractivity contribution >= 4 is 5.97 Å². The van der Waals surface area contributed by atoms with E-state index in [1.54, 1.807) is 0 Å². The minimum absolute atomic E-state index is 0.435. The molecule has 1 atom stereocenters. The van der Waals surface area contributed by atoms with Gasteiger partial charge in [-0.1, -0.05) is 30.3 Å². The lowest BCUT2D eigenvalue weighted by atomic mass is 10.1. The molecule has 1 rings (SSSR count). The second-order valence-corrected chi connectivity index (χ2v) is 4.61. The topological polar surface area (TPSA) is 49.8 Å². The van der Waals surface area contributed by atoms with E-state index in [1.807, 2.05) is 32.2 Å². The Labute approximate surface area is 115 Å². The summed E-state index contributed by atoms with van der Waals surface area (Å²) in [5.41, 5.74) is 1.30. The molecular formula is C15H23NO3. The van der Waals surface area contributed by atoms with Crippen LogP contribution in [0.5, 0.6) is 0 Å². The lowest BCUT2D eigenvalue weighted by Gasteiger charge is -2.19. The summed E-state index contributed by atoms with van der Waals surface area (Å²) >= 11 is 0. The van der Waals surface area contributed by atoms with Crippen molar-refractivity contribution in [2.24, 2.45) is 0 Å². The summed E-state index contributed by atoms with van der Waals surface area (Å²) in [6.45, 7) is 3.89. The highest BCUT2D eigenvalue weighted by Gasteiger charge is 2.17. The van der Waals surface area contributed by atoms with Crippen molar-refractivity contribution in [1.29, 1.82) is 0 Å². The van der Waals surface area contributed by atoms with Gasteiger partial charge >= 0.3 is 5.97 Å². The lowest BCUT2D eigenvalue weighted by Crippen LogP contribution is -2.31. The number of hydrogen-bond acceptors (Lipinski definition) is 3. The van der Waals surface area contributed by atoms with Crippen LogP contribution in [-0.2, 0) is 16.0 Å². The highest BCUT2D eigenvalue weighted by molar-refractivity contribution is 5.72. The van der Waals surface area contributed by atoms with E-state index in [4.69, 9.17) is 9.84 Å². The van der Waals surface area contributed by atoms with Gasteiger partial charge < -0.3 is 14.7 Å². The normalized spacial score (nSPS) is 12.6. The average molecular weight is 265 g/mol. The maximum absolute atomic E-state index is 10.9. The van der Waals surface area contributed by atoms with Crippen LogP contribution in [0.4, 0.5) is 0 Å². The van der Waals surface area contributed by atoms with Gasteiger partial charge in [0.2, 0.25) is 0 Å². The van der Waals surface area contributed by atoms with Gasteiger partial charge in [-0.2, -0.15) is 0 Å². The fraction of sp³-hybridized carbons (Fsp3) is 0.533. The maximum atomic E-state index is 10.9. The molecule has 1 N–H and O–H groups in total. The third kappa shape index (κ3) is 6.36.